The lowest BCUT2D eigenvalue weighted by molar-refractivity contribution is 0.0305. The van der Waals surface area contributed by atoms with Crippen LogP contribution in [0.2, 0.25) is 0 Å². The van der Waals surface area contributed by atoms with Crippen molar-refractivity contribution < 1.29 is 10.2 Å². The average molecular weight is 223 g/mol. The smallest absolute Gasteiger partial charge is 0.105 e. The lowest BCUT2D eigenvalue weighted by Crippen LogP contribution is -2.21. The fraction of sp³-hybridized carbons (Fsp3) is 0.538. The van der Waals surface area contributed by atoms with E-state index in [9.17, 15) is 10.2 Å². The molecule has 0 aromatic heterocycles. The van der Waals surface area contributed by atoms with Crippen LogP contribution in [0.3, 0.4) is 0 Å². The van der Waals surface area contributed by atoms with Gasteiger partial charge in [0.25, 0.3) is 0 Å². The summed E-state index contributed by atoms with van der Waals surface area (Å²) >= 11 is 0. The summed E-state index contributed by atoms with van der Waals surface area (Å²) < 4.78 is 0. The number of nitrogens with zero attached hydrogens (tertiary/aromatic N) is 1. The number of hydrogen-bond donors (Lipinski definition) is 2. The maximum Gasteiger partial charge on any atom is 0.105 e. The van der Waals surface area contributed by atoms with Gasteiger partial charge < -0.3 is 15.1 Å². The first-order chi connectivity index (χ1) is 7.60. The van der Waals surface area contributed by atoms with Gasteiger partial charge in [0.2, 0.25) is 0 Å². The summed E-state index contributed by atoms with van der Waals surface area (Å²) in [5, 5.41) is 19.0. The first-order valence-electron chi connectivity index (χ1n) is 5.81. The molecule has 16 heavy (non-hydrogen) atoms. The van der Waals surface area contributed by atoms with Gasteiger partial charge in [-0.25, -0.2) is 0 Å². The first kappa shape index (κ1) is 13.0. The molecule has 0 radical (unpaired) electrons. The van der Waals surface area contributed by atoms with Crippen LogP contribution in [0.4, 0.5) is 5.69 Å². The Hall–Kier alpha value is -1.06. The predicted octanol–water partition coefficient (Wildman–Crippen LogP) is 1.95. The Morgan fingerprint density at radius 2 is 1.56 bits per heavy atom. The lowest BCUT2D eigenvalue weighted by atomic mass is 10.1. The summed E-state index contributed by atoms with van der Waals surface area (Å²) in [6.45, 7) is 7.75. The quantitative estimate of drug-likeness (QED) is 0.802. The summed E-state index contributed by atoms with van der Waals surface area (Å²) in [6.07, 6.45) is -1.54. The Morgan fingerprint density at radius 3 is 1.94 bits per heavy atom. The molecule has 0 aliphatic carbocycles. The monoisotopic (exact) mass is 223 g/mol. The first-order valence-corrected chi connectivity index (χ1v) is 5.81. The molecule has 0 saturated carbocycles. The highest BCUT2D eigenvalue weighted by Crippen LogP contribution is 2.21. The summed E-state index contributed by atoms with van der Waals surface area (Å²) in [5.74, 6) is 0. The number of anilines is 1. The van der Waals surface area contributed by atoms with Gasteiger partial charge in [-0.3, -0.25) is 0 Å². The molecule has 0 saturated heterocycles. The minimum Gasteiger partial charge on any atom is -0.390 e. The van der Waals surface area contributed by atoms with Gasteiger partial charge in [0, 0.05) is 18.8 Å². The van der Waals surface area contributed by atoms with Crippen molar-refractivity contribution in [3.05, 3.63) is 29.8 Å². The molecule has 3 heteroatoms. The Bertz CT molecular complexity index is 283. The fourth-order valence-electron chi connectivity index (χ4n) is 1.75. The van der Waals surface area contributed by atoms with E-state index in [1.165, 1.54) is 0 Å². The van der Waals surface area contributed by atoms with E-state index >= 15 is 0 Å². The number of hydrogen-bond acceptors (Lipinski definition) is 3. The number of aliphatic hydroxyl groups excluding tert-OH is 2. The van der Waals surface area contributed by atoms with Crippen LogP contribution in [-0.2, 0) is 0 Å². The van der Waals surface area contributed by atoms with E-state index in [4.69, 9.17) is 0 Å². The molecule has 3 nitrogen and oxygen atoms in total. The third-order valence-corrected chi connectivity index (χ3v) is 2.82. The molecule has 2 atom stereocenters. The molecule has 0 aliphatic heterocycles. The average Bonchev–Trinajstić information content (AvgIpc) is 2.30. The molecular weight excluding hydrogens is 202 g/mol. The second-order valence-electron chi connectivity index (χ2n) is 3.95. The highest BCUT2D eigenvalue weighted by atomic mass is 16.3. The molecule has 0 aliphatic rings. The Balaban J connectivity index is 2.82. The molecule has 0 bridgehead atoms. The number of benzene rings is 1. The highest BCUT2D eigenvalue weighted by Gasteiger charge is 2.13. The van der Waals surface area contributed by atoms with Crippen LogP contribution in [-0.4, -0.2) is 29.4 Å². The van der Waals surface area contributed by atoms with Gasteiger partial charge in [0.05, 0.1) is 6.10 Å². The van der Waals surface area contributed by atoms with E-state index in [1.807, 2.05) is 24.3 Å². The van der Waals surface area contributed by atoms with Gasteiger partial charge in [-0.05, 0) is 38.5 Å². The van der Waals surface area contributed by atoms with E-state index < -0.39 is 12.2 Å². The molecule has 2 N–H and O–H groups in total. The van der Waals surface area contributed by atoms with Crippen LogP contribution >= 0.6 is 0 Å². The van der Waals surface area contributed by atoms with Crippen molar-refractivity contribution in [3.8, 4) is 0 Å². The van der Waals surface area contributed by atoms with Gasteiger partial charge in [0.15, 0.2) is 0 Å². The Morgan fingerprint density at radius 1 is 1.06 bits per heavy atom. The van der Waals surface area contributed by atoms with Crippen LogP contribution in [0, 0.1) is 0 Å². The normalized spacial score (nSPS) is 14.6. The molecular formula is C13H21NO2. The predicted molar refractivity (Wildman–Crippen MR) is 66.6 cm³/mol. The van der Waals surface area contributed by atoms with Crippen molar-refractivity contribution in [2.24, 2.45) is 0 Å². The molecule has 0 spiro atoms. The standard InChI is InChI=1S/C13H21NO2/c1-4-14(5-2)12-8-6-11(7-9-12)13(16)10(3)15/h6-10,13,15-16H,4-5H2,1-3H3. The van der Waals surface area contributed by atoms with E-state index in [1.54, 1.807) is 6.92 Å². The van der Waals surface area contributed by atoms with Crippen molar-refractivity contribution in [1.29, 1.82) is 0 Å². The van der Waals surface area contributed by atoms with Gasteiger partial charge >= 0.3 is 0 Å². The van der Waals surface area contributed by atoms with Gasteiger partial charge in [-0.15, -0.1) is 0 Å². The maximum atomic E-state index is 9.68. The second kappa shape index (κ2) is 5.87. The molecule has 1 aromatic carbocycles. The van der Waals surface area contributed by atoms with Crippen molar-refractivity contribution in [2.45, 2.75) is 33.0 Å². The largest absolute Gasteiger partial charge is 0.390 e. The highest BCUT2D eigenvalue weighted by molar-refractivity contribution is 5.47. The topological polar surface area (TPSA) is 43.7 Å². The molecule has 2 unspecified atom stereocenters. The summed E-state index contributed by atoms with van der Waals surface area (Å²) in [5.41, 5.74) is 1.90. The van der Waals surface area contributed by atoms with Crippen LogP contribution in [0.1, 0.15) is 32.4 Å². The second-order valence-corrected chi connectivity index (χ2v) is 3.95. The van der Waals surface area contributed by atoms with E-state index in [0.717, 1.165) is 24.3 Å². The van der Waals surface area contributed by atoms with E-state index in [0.29, 0.717) is 0 Å². The molecule has 1 aromatic rings. The fourth-order valence-corrected chi connectivity index (χ4v) is 1.75. The summed E-state index contributed by atoms with van der Waals surface area (Å²) in [7, 11) is 0. The van der Waals surface area contributed by atoms with Crippen LogP contribution < -0.4 is 4.90 Å². The minimum absolute atomic E-state index is 0.737. The number of aliphatic hydroxyl groups is 2. The zero-order valence-corrected chi connectivity index (χ0v) is 10.2. The van der Waals surface area contributed by atoms with Crippen molar-refractivity contribution in [3.63, 3.8) is 0 Å². The Kier molecular flexibility index (Phi) is 4.77. The molecule has 0 fully saturated rings. The zero-order valence-electron chi connectivity index (χ0n) is 10.2. The van der Waals surface area contributed by atoms with Gasteiger partial charge in [0.1, 0.15) is 6.10 Å². The Labute approximate surface area is 97.3 Å². The van der Waals surface area contributed by atoms with Crippen LogP contribution in [0.15, 0.2) is 24.3 Å². The molecule has 1 rings (SSSR count). The summed E-state index contributed by atoms with van der Waals surface area (Å²) in [6, 6.07) is 7.69. The van der Waals surface area contributed by atoms with Crippen LogP contribution in [0.25, 0.3) is 0 Å². The molecule has 0 heterocycles. The maximum absolute atomic E-state index is 9.68. The SMILES string of the molecule is CCN(CC)c1ccc(C(O)C(C)O)cc1. The third kappa shape index (κ3) is 2.97. The third-order valence-electron chi connectivity index (χ3n) is 2.82. The van der Waals surface area contributed by atoms with E-state index in [2.05, 4.69) is 18.7 Å². The van der Waals surface area contributed by atoms with Gasteiger partial charge in [-0.2, -0.15) is 0 Å². The molecule has 0 amide bonds. The zero-order chi connectivity index (χ0) is 12.1. The van der Waals surface area contributed by atoms with Crippen molar-refractivity contribution in [1.82, 2.24) is 0 Å². The van der Waals surface area contributed by atoms with Crippen LogP contribution in [0.5, 0.6) is 0 Å². The number of rotatable bonds is 5. The summed E-state index contributed by atoms with van der Waals surface area (Å²) in [4.78, 5) is 2.23. The molecule has 90 valence electrons. The van der Waals surface area contributed by atoms with E-state index in [-0.39, 0.29) is 0 Å². The van der Waals surface area contributed by atoms with Gasteiger partial charge in [-0.1, -0.05) is 12.1 Å². The van der Waals surface area contributed by atoms with Crippen molar-refractivity contribution >= 4 is 5.69 Å². The lowest BCUT2D eigenvalue weighted by Gasteiger charge is -2.22. The minimum atomic E-state index is -0.800. The van der Waals surface area contributed by atoms with Crippen molar-refractivity contribution in [2.75, 3.05) is 18.0 Å².